The molecular formula is C14H19N3O2. The van der Waals surface area contributed by atoms with Gasteiger partial charge in [-0.25, -0.2) is 14.8 Å². The topological polar surface area (TPSA) is 66.3 Å². The van der Waals surface area contributed by atoms with Gasteiger partial charge in [0.05, 0.1) is 0 Å². The van der Waals surface area contributed by atoms with Crippen LogP contribution in [0.1, 0.15) is 42.8 Å². The van der Waals surface area contributed by atoms with Crippen molar-refractivity contribution in [2.24, 2.45) is 0 Å². The van der Waals surface area contributed by atoms with E-state index in [1.165, 1.54) is 12.0 Å². The minimum atomic E-state index is -0.738. The van der Waals surface area contributed by atoms with Gasteiger partial charge in [0.2, 0.25) is 0 Å². The first-order chi connectivity index (χ1) is 9.16. The van der Waals surface area contributed by atoms with Gasteiger partial charge in [-0.05, 0) is 45.4 Å². The molecule has 19 heavy (non-hydrogen) atoms. The fourth-order valence-corrected chi connectivity index (χ4v) is 3.21. The fraction of sp³-hybridized carbons (Fsp3) is 0.643. The van der Waals surface area contributed by atoms with Crippen molar-refractivity contribution in [2.45, 2.75) is 51.5 Å². The second-order valence-corrected chi connectivity index (χ2v) is 5.42. The van der Waals surface area contributed by atoms with Crippen LogP contribution >= 0.6 is 0 Å². The normalized spacial score (nSPS) is 22.4. The van der Waals surface area contributed by atoms with Gasteiger partial charge in [0.15, 0.2) is 0 Å². The zero-order valence-electron chi connectivity index (χ0n) is 11.2. The maximum atomic E-state index is 11.4. The highest BCUT2D eigenvalue weighted by molar-refractivity contribution is 5.79. The van der Waals surface area contributed by atoms with Crippen LogP contribution in [0.3, 0.4) is 0 Å². The third-order valence-electron chi connectivity index (χ3n) is 4.08. The number of carboxylic acid groups (broad SMARTS) is 1. The molecule has 5 nitrogen and oxygen atoms in total. The molecule has 1 aliphatic heterocycles. The van der Waals surface area contributed by atoms with Gasteiger partial charge in [-0.3, -0.25) is 0 Å². The molecular weight excluding hydrogens is 242 g/mol. The Morgan fingerprint density at radius 2 is 2.05 bits per heavy atom. The van der Waals surface area contributed by atoms with Crippen molar-refractivity contribution < 1.29 is 9.90 Å². The number of aromatic nitrogens is 2. The quantitative estimate of drug-likeness (QED) is 0.878. The van der Waals surface area contributed by atoms with Crippen LogP contribution in [0.4, 0.5) is 5.82 Å². The lowest BCUT2D eigenvalue weighted by Gasteiger charge is -2.27. The van der Waals surface area contributed by atoms with Crippen LogP contribution in [0, 0.1) is 6.92 Å². The van der Waals surface area contributed by atoms with Gasteiger partial charge >= 0.3 is 5.97 Å². The second kappa shape index (κ2) is 4.79. The molecule has 2 aliphatic rings. The second-order valence-electron chi connectivity index (χ2n) is 5.42. The number of hydrogen-bond acceptors (Lipinski definition) is 4. The van der Waals surface area contributed by atoms with E-state index in [9.17, 15) is 9.90 Å². The summed E-state index contributed by atoms with van der Waals surface area (Å²) in [4.78, 5) is 22.4. The van der Waals surface area contributed by atoms with E-state index >= 15 is 0 Å². The predicted octanol–water partition coefficient (Wildman–Crippen LogP) is 1.72. The van der Waals surface area contributed by atoms with Gasteiger partial charge in [0.25, 0.3) is 0 Å². The highest BCUT2D eigenvalue weighted by Gasteiger charge is 2.34. The van der Waals surface area contributed by atoms with E-state index in [-0.39, 0.29) is 0 Å². The van der Waals surface area contributed by atoms with E-state index in [2.05, 4.69) is 9.97 Å². The van der Waals surface area contributed by atoms with Gasteiger partial charge in [-0.15, -0.1) is 0 Å². The fourth-order valence-electron chi connectivity index (χ4n) is 3.21. The van der Waals surface area contributed by atoms with E-state index in [1.807, 2.05) is 11.8 Å². The molecule has 2 heterocycles. The largest absolute Gasteiger partial charge is 0.480 e. The van der Waals surface area contributed by atoms with E-state index < -0.39 is 12.0 Å². The van der Waals surface area contributed by atoms with E-state index in [0.717, 1.165) is 49.6 Å². The van der Waals surface area contributed by atoms with Crippen molar-refractivity contribution in [3.05, 3.63) is 17.1 Å². The average Bonchev–Trinajstić information content (AvgIpc) is 2.86. The first-order valence-corrected chi connectivity index (χ1v) is 7.02. The molecule has 1 fully saturated rings. The Bertz CT molecular complexity index is 516. The summed E-state index contributed by atoms with van der Waals surface area (Å²) < 4.78 is 0. The number of anilines is 1. The molecule has 1 aromatic heterocycles. The summed E-state index contributed by atoms with van der Waals surface area (Å²) in [5, 5.41) is 9.33. The Morgan fingerprint density at radius 3 is 2.84 bits per heavy atom. The first-order valence-electron chi connectivity index (χ1n) is 7.02. The summed E-state index contributed by atoms with van der Waals surface area (Å²) in [6.45, 7) is 2.68. The predicted molar refractivity (Wildman–Crippen MR) is 71.4 cm³/mol. The molecule has 1 N–H and O–H groups in total. The molecule has 0 spiro atoms. The number of fused-ring (bicyclic) bond motifs is 1. The zero-order valence-corrected chi connectivity index (χ0v) is 11.2. The average molecular weight is 261 g/mol. The molecule has 5 heteroatoms. The van der Waals surface area contributed by atoms with Gasteiger partial charge < -0.3 is 10.0 Å². The molecule has 1 atom stereocenters. The highest BCUT2D eigenvalue weighted by Crippen LogP contribution is 2.32. The lowest BCUT2D eigenvalue weighted by molar-refractivity contribution is -0.138. The maximum absolute atomic E-state index is 11.4. The van der Waals surface area contributed by atoms with Crippen molar-refractivity contribution in [3.8, 4) is 0 Å². The SMILES string of the molecule is Cc1nc2c(c(N3CCC[C@@H]3C(=O)O)n1)CCCC2. The van der Waals surface area contributed by atoms with E-state index in [0.29, 0.717) is 6.42 Å². The van der Waals surface area contributed by atoms with Crippen LogP contribution in [0.15, 0.2) is 0 Å². The molecule has 0 amide bonds. The molecule has 1 aromatic rings. The van der Waals surface area contributed by atoms with Gasteiger partial charge in [0, 0.05) is 17.8 Å². The third kappa shape index (κ3) is 2.17. The van der Waals surface area contributed by atoms with Gasteiger partial charge in [-0.1, -0.05) is 0 Å². The summed E-state index contributed by atoms with van der Waals surface area (Å²) in [5.41, 5.74) is 2.31. The smallest absolute Gasteiger partial charge is 0.326 e. The Kier molecular flexibility index (Phi) is 3.12. The number of aryl methyl sites for hydroxylation is 2. The van der Waals surface area contributed by atoms with E-state index in [1.54, 1.807) is 0 Å². The number of carbonyl (C=O) groups is 1. The van der Waals surface area contributed by atoms with Crippen molar-refractivity contribution in [1.29, 1.82) is 0 Å². The van der Waals surface area contributed by atoms with Crippen molar-refractivity contribution in [3.63, 3.8) is 0 Å². The lowest BCUT2D eigenvalue weighted by Crippen LogP contribution is -2.37. The van der Waals surface area contributed by atoms with Gasteiger partial charge in [-0.2, -0.15) is 0 Å². The zero-order chi connectivity index (χ0) is 13.4. The number of aliphatic carboxylic acids is 1. The van der Waals surface area contributed by atoms with Crippen LogP contribution in [-0.4, -0.2) is 33.6 Å². The molecule has 0 radical (unpaired) electrons. The summed E-state index contributed by atoms with van der Waals surface area (Å²) in [7, 11) is 0. The van der Waals surface area contributed by atoms with Crippen molar-refractivity contribution >= 4 is 11.8 Å². The van der Waals surface area contributed by atoms with Crippen molar-refractivity contribution in [1.82, 2.24) is 9.97 Å². The maximum Gasteiger partial charge on any atom is 0.326 e. The Balaban J connectivity index is 2.04. The standard InChI is InChI=1S/C14H19N3O2/c1-9-15-11-6-3-2-5-10(11)13(16-9)17-8-4-7-12(17)14(18)19/h12H,2-8H2,1H3,(H,18,19)/t12-/m1/s1. The summed E-state index contributed by atoms with van der Waals surface area (Å²) >= 11 is 0. The summed E-state index contributed by atoms with van der Waals surface area (Å²) in [5.74, 6) is 0.900. The molecule has 0 unspecified atom stereocenters. The molecule has 0 aromatic carbocycles. The van der Waals surface area contributed by atoms with Crippen LogP contribution in [0.25, 0.3) is 0 Å². The minimum absolute atomic E-state index is 0.416. The molecule has 1 aliphatic carbocycles. The molecule has 1 saturated heterocycles. The van der Waals surface area contributed by atoms with Crippen molar-refractivity contribution in [2.75, 3.05) is 11.4 Å². The Hall–Kier alpha value is -1.65. The number of nitrogens with zero attached hydrogens (tertiary/aromatic N) is 3. The summed E-state index contributed by atoms with van der Waals surface area (Å²) in [6.07, 6.45) is 5.94. The van der Waals surface area contributed by atoms with Crippen LogP contribution < -0.4 is 4.90 Å². The van der Waals surface area contributed by atoms with Crippen LogP contribution in [0.2, 0.25) is 0 Å². The van der Waals surface area contributed by atoms with Crippen LogP contribution in [-0.2, 0) is 17.6 Å². The monoisotopic (exact) mass is 261 g/mol. The molecule has 3 rings (SSSR count). The number of rotatable bonds is 2. The van der Waals surface area contributed by atoms with E-state index in [4.69, 9.17) is 0 Å². The third-order valence-corrected chi connectivity index (χ3v) is 4.08. The first kappa shape index (κ1) is 12.4. The molecule has 102 valence electrons. The number of carboxylic acids is 1. The Morgan fingerprint density at radius 1 is 1.26 bits per heavy atom. The molecule has 0 bridgehead atoms. The summed E-state index contributed by atoms with van der Waals surface area (Å²) in [6, 6.07) is -0.416. The minimum Gasteiger partial charge on any atom is -0.480 e. The highest BCUT2D eigenvalue weighted by atomic mass is 16.4. The Labute approximate surface area is 112 Å². The lowest BCUT2D eigenvalue weighted by atomic mass is 9.96. The van der Waals surface area contributed by atoms with Crippen LogP contribution in [0.5, 0.6) is 0 Å². The van der Waals surface area contributed by atoms with Gasteiger partial charge in [0.1, 0.15) is 17.7 Å². The molecule has 0 saturated carbocycles. The number of hydrogen-bond donors (Lipinski definition) is 1.